The van der Waals surface area contributed by atoms with Crippen LogP contribution < -0.4 is 11.1 Å². The first-order valence-corrected chi connectivity index (χ1v) is 8.97. The van der Waals surface area contributed by atoms with Gasteiger partial charge in [-0.2, -0.15) is 0 Å². The summed E-state index contributed by atoms with van der Waals surface area (Å²) in [5.74, 6) is -1.41. The van der Waals surface area contributed by atoms with Crippen LogP contribution in [0.15, 0.2) is 63.4 Å². The van der Waals surface area contributed by atoms with Gasteiger partial charge in [-0.15, -0.1) is 11.3 Å². The third-order valence-electron chi connectivity index (χ3n) is 3.77. The average Bonchev–Trinajstić information content (AvgIpc) is 3.30. The number of carbonyl (C=O) groups excluding carboxylic acids is 1. The molecule has 1 aromatic carbocycles. The van der Waals surface area contributed by atoms with Crippen LogP contribution in [0.25, 0.3) is 22.8 Å². The Hall–Kier alpha value is -3.66. The highest BCUT2D eigenvalue weighted by Gasteiger charge is 2.17. The van der Waals surface area contributed by atoms with E-state index in [-0.39, 0.29) is 18.2 Å². The zero-order valence-corrected chi connectivity index (χ0v) is 15.0. The number of carbonyl (C=O) groups is 1. The predicted octanol–water partition coefficient (Wildman–Crippen LogP) is 2.80. The van der Waals surface area contributed by atoms with Gasteiger partial charge in [-0.1, -0.05) is 11.2 Å². The molecule has 10 heteroatoms. The highest BCUT2D eigenvalue weighted by atomic mass is 32.1. The van der Waals surface area contributed by atoms with Crippen molar-refractivity contribution in [2.45, 2.75) is 6.54 Å². The van der Waals surface area contributed by atoms with Crippen LogP contribution in [-0.4, -0.2) is 25.6 Å². The van der Waals surface area contributed by atoms with E-state index >= 15 is 0 Å². The first-order chi connectivity index (χ1) is 13.6. The Morgan fingerprint density at radius 3 is 2.75 bits per heavy atom. The number of aromatic nitrogens is 4. The van der Waals surface area contributed by atoms with E-state index in [1.165, 1.54) is 23.5 Å². The summed E-state index contributed by atoms with van der Waals surface area (Å²) < 4.78 is 18.8. The maximum atomic E-state index is 13.0. The number of nitrogens with zero attached hydrogens (tertiary/aromatic N) is 4. The summed E-state index contributed by atoms with van der Waals surface area (Å²) in [6.07, 6.45) is 1.55. The number of benzene rings is 1. The van der Waals surface area contributed by atoms with E-state index in [4.69, 9.17) is 0 Å². The summed E-state index contributed by atoms with van der Waals surface area (Å²) >= 11 is 1.22. The van der Waals surface area contributed by atoms with E-state index in [1.807, 2.05) is 0 Å². The zero-order chi connectivity index (χ0) is 19.5. The van der Waals surface area contributed by atoms with Crippen LogP contribution in [0.5, 0.6) is 0 Å². The monoisotopic (exact) mass is 397 g/mol. The van der Waals surface area contributed by atoms with Crippen LogP contribution in [0.2, 0.25) is 0 Å². The van der Waals surface area contributed by atoms with E-state index in [0.29, 0.717) is 16.5 Å². The molecule has 1 N–H and O–H groups in total. The Kier molecular flexibility index (Phi) is 4.77. The van der Waals surface area contributed by atoms with Gasteiger partial charge in [0.05, 0.1) is 5.69 Å². The molecule has 28 heavy (non-hydrogen) atoms. The molecule has 0 unspecified atom stereocenters. The Morgan fingerprint density at radius 2 is 2.00 bits per heavy atom. The van der Waals surface area contributed by atoms with Gasteiger partial charge in [-0.05, 0) is 36.4 Å². The minimum Gasteiger partial charge on any atom is -0.300 e. The number of halogens is 1. The van der Waals surface area contributed by atoms with Gasteiger partial charge in [0.1, 0.15) is 18.1 Å². The molecule has 0 atom stereocenters. The SMILES string of the molecule is O=C(Cn1c(-c2ccccn2)noc1=O)Nc1nc(-c2ccc(F)cc2)cs1. The minimum absolute atomic E-state index is 0.159. The maximum Gasteiger partial charge on any atom is 0.442 e. The summed E-state index contributed by atoms with van der Waals surface area (Å²) in [4.78, 5) is 32.7. The zero-order valence-electron chi connectivity index (χ0n) is 14.2. The van der Waals surface area contributed by atoms with Gasteiger partial charge < -0.3 is 5.32 Å². The van der Waals surface area contributed by atoms with Crippen LogP contribution in [0.1, 0.15) is 0 Å². The number of thiazole rings is 1. The maximum absolute atomic E-state index is 13.0. The lowest BCUT2D eigenvalue weighted by Gasteiger charge is -2.04. The number of nitrogens with one attached hydrogen (secondary N) is 1. The van der Waals surface area contributed by atoms with E-state index in [9.17, 15) is 14.0 Å². The number of rotatable bonds is 5. The molecule has 8 nitrogen and oxygen atoms in total. The summed E-state index contributed by atoms with van der Waals surface area (Å²) in [6.45, 7) is -0.306. The van der Waals surface area contributed by atoms with Crippen molar-refractivity contribution in [3.63, 3.8) is 0 Å². The van der Waals surface area contributed by atoms with Crippen LogP contribution in [0.3, 0.4) is 0 Å². The van der Waals surface area contributed by atoms with Gasteiger partial charge in [0, 0.05) is 17.1 Å². The van der Waals surface area contributed by atoms with Crippen LogP contribution in [0, 0.1) is 5.82 Å². The molecular weight excluding hydrogens is 385 g/mol. The molecule has 0 aliphatic rings. The van der Waals surface area contributed by atoms with Crippen molar-refractivity contribution in [1.29, 1.82) is 0 Å². The van der Waals surface area contributed by atoms with E-state index < -0.39 is 11.7 Å². The first-order valence-electron chi connectivity index (χ1n) is 8.09. The van der Waals surface area contributed by atoms with Crippen molar-refractivity contribution >= 4 is 22.4 Å². The first kappa shape index (κ1) is 17.7. The lowest BCUT2D eigenvalue weighted by atomic mass is 10.2. The molecule has 0 bridgehead atoms. The van der Waals surface area contributed by atoms with E-state index in [1.54, 1.807) is 41.9 Å². The largest absolute Gasteiger partial charge is 0.442 e. The molecule has 0 fully saturated rings. The van der Waals surface area contributed by atoms with Crippen LogP contribution in [-0.2, 0) is 11.3 Å². The molecule has 4 rings (SSSR count). The van der Waals surface area contributed by atoms with Gasteiger partial charge in [0.25, 0.3) is 0 Å². The molecule has 0 spiro atoms. The lowest BCUT2D eigenvalue weighted by Crippen LogP contribution is -2.25. The second-order valence-electron chi connectivity index (χ2n) is 5.67. The van der Waals surface area contributed by atoms with Gasteiger partial charge in [0.2, 0.25) is 11.7 Å². The van der Waals surface area contributed by atoms with Crippen molar-refractivity contribution in [3.8, 4) is 22.8 Å². The molecule has 4 aromatic rings. The van der Waals surface area contributed by atoms with Crippen molar-refractivity contribution in [2.24, 2.45) is 0 Å². The third kappa shape index (κ3) is 3.71. The number of hydrogen-bond acceptors (Lipinski definition) is 7. The van der Waals surface area contributed by atoms with E-state index in [2.05, 4.69) is 25.0 Å². The van der Waals surface area contributed by atoms with Gasteiger partial charge in [-0.25, -0.2) is 18.7 Å². The highest BCUT2D eigenvalue weighted by Crippen LogP contribution is 2.25. The topological polar surface area (TPSA) is 103 Å². The van der Waals surface area contributed by atoms with Crippen molar-refractivity contribution < 1.29 is 13.7 Å². The third-order valence-corrected chi connectivity index (χ3v) is 4.53. The fraction of sp³-hybridized carbons (Fsp3) is 0.0556. The molecule has 140 valence electrons. The van der Waals surface area contributed by atoms with Gasteiger partial charge >= 0.3 is 5.76 Å². The van der Waals surface area contributed by atoms with Gasteiger partial charge in [0.15, 0.2) is 5.13 Å². The quantitative estimate of drug-likeness (QED) is 0.555. The molecule has 0 saturated carbocycles. The molecule has 3 heterocycles. The smallest absolute Gasteiger partial charge is 0.300 e. The van der Waals surface area contributed by atoms with Gasteiger partial charge in [-0.3, -0.25) is 14.3 Å². The summed E-state index contributed by atoms with van der Waals surface area (Å²) in [7, 11) is 0. The van der Waals surface area contributed by atoms with Crippen molar-refractivity contribution in [2.75, 3.05) is 5.32 Å². The molecule has 0 aliphatic heterocycles. The average molecular weight is 397 g/mol. The Balaban J connectivity index is 1.50. The van der Waals surface area contributed by atoms with Crippen LogP contribution >= 0.6 is 11.3 Å². The minimum atomic E-state index is -0.762. The number of amides is 1. The lowest BCUT2D eigenvalue weighted by molar-refractivity contribution is -0.116. The van der Waals surface area contributed by atoms with E-state index in [0.717, 1.165) is 10.1 Å². The molecule has 1 amide bonds. The van der Waals surface area contributed by atoms with Crippen molar-refractivity contribution in [1.82, 2.24) is 19.7 Å². The number of anilines is 1. The fourth-order valence-electron chi connectivity index (χ4n) is 2.47. The summed E-state index contributed by atoms with van der Waals surface area (Å²) in [6, 6.07) is 11.0. The Bertz CT molecular complexity index is 1170. The fourth-order valence-corrected chi connectivity index (χ4v) is 3.21. The summed E-state index contributed by atoms with van der Waals surface area (Å²) in [5, 5.41) is 8.42. The second kappa shape index (κ2) is 7.53. The molecular formula is C18H12FN5O3S. The standard InChI is InChI=1S/C18H12FN5O3S/c19-12-6-4-11(5-7-12)14-10-28-17(21-14)22-15(25)9-24-16(23-27-18(24)26)13-3-1-2-8-20-13/h1-8,10H,9H2,(H,21,22,25). The predicted molar refractivity (Wildman–Crippen MR) is 100 cm³/mol. The number of pyridine rings is 1. The molecule has 0 saturated heterocycles. The molecule has 0 aliphatic carbocycles. The Labute approximate surface area is 161 Å². The van der Waals surface area contributed by atoms with Crippen LogP contribution in [0.4, 0.5) is 9.52 Å². The highest BCUT2D eigenvalue weighted by molar-refractivity contribution is 7.14. The number of hydrogen-bond donors (Lipinski definition) is 1. The molecule has 3 aromatic heterocycles. The normalized spacial score (nSPS) is 10.8. The second-order valence-corrected chi connectivity index (χ2v) is 6.52. The Morgan fingerprint density at radius 1 is 1.18 bits per heavy atom. The summed E-state index contributed by atoms with van der Waals surface area (Å²) in [5.41, 5.74) is 1.75. The molecule has 0 radical (unpaired) electrons. The van der Waals surface area contributed by atoms with Crippen molar-refractivity contribution in [3.05, 3.63) is 70.4 Å².